The van der Waals surface area contributed by atoms with Crippen molar-refractivity contribution in [2.24, 2.45) is 0 Å². The van der Waals surface area contributed by atoms with Gasteiger partial charge in [-0.3, -0.25) is 10.1 Å². The zero-order chi connectivity index (χ0) is 11.7. The summed E-state index contributed by atoms with van der Waals surface area (Å²) in [5.74, 6) is 0. The number of halogens is 1. The molecular formula is C8H5BrN4O2S. The molecule has 82 valence electrons. The van der Waals surface area contributed by atoms with Crippen molar-refractivity contribution in [3.8, 4) is 10.6 Å². The number of nitrogens with zero attached hydrogens (tertiary/aromatic N) is 3. The Hall–Kier alpha value is -1.54. The Balaban J connectivity index is 2.60. The lowest BCUT2D eigenvalue weighted by Gasteiger charge is -1.98. The fraction of sp³-hybridized carbons (Fsp3) is 0. The summed E-state index contributed by atoms with van der Waals surface area (Å²) in [7, 11) is 0. The van der Waals surface area contributed by atoms with Crippen LogP contribution in [0.3, 0.4) is 0 Å². The molecule has 0 aliphatic rings. The summed E-state index contributed by atoms with van der Waals surface area (Å²) in [5.41, 5.74) is 5.68. The van der Waals surface area contributed by atoms with E-state index in [2.05, 4.69) is 25.9 Å². The molecule has 0 amide bonds. The molecular weight excluding hydrogens is 296 g/mol. The van der Waals surface area contributed by atoms with Crippen molar-refractivity contribution in [1.29, 1.82) is 0 Å². The highest BCUT2D eigenvalue weighted by atomic mass is 79.9. The van der Waals surface area contributed by atoms with Gasteiger partial charge in [0.05, 0.1) is 9.80 Å². The van der Waals surface area contributed by atoms with Crippen molar-refractivity contribution >= 4 is 38.1 Å². The minimum absolute atomic E-state index is 0.0713. The van der Waals surface area contributed by atoms with Gasteiger partial charge < -0.3 is 5.73 Å². The van der Waals surface area contributed by atoms with E-state index in [-0.39, 0.29) is 11.4 Å². The van der Waals surface area contributed by atoms with Crippen molar-refractivity contribution in [3.63, 3.8) is 0 Å². The molecule has 2 aromatic heterocycles. The van der Waals surface area contributed by atoms with E-state index in [9.17, 15) is 10.1 Å². The van der Waals surface area contributed by atoms with Crippen LogP contribution >= 0.6 is 27.3 Å². The smallest absolute Gasteiger partial charge is 0.297 e. The average molecular weight is 301 g/mol. The molecule has 0 radical (unpaired) electrons. The minimum atomic E-state index is -0.483. The van der Waals surface area contributed by atoms with Crippen LogP contribution < -0.4 is 5.73 Å². The lowest BCUT2D eigenvalue weighted by molar-refractivity contribution is -0.384. The summed E-state index contributed by atoms with van der Waals surface area (Å²) in [6.45, 7) is 0. The van der Waals surface area contributed by atoms with E-state index in [1.165, 1.54) is 18.5 Å². The Labute approximate surface area is 102 Å². The Kier molecular flexibility index (Phi) is 2.84. The van der Waals surface area contributed by atoms with E-state index in [0.29, 0.717) is 14.5 Å². The minimum Gasteiger partial charge on any atom is -0.375 e. The fourth-order valence-corrected chi connectivity index (χ4v) is 2.16. The number of nitrogens with two attached hydrogens (primary N) is 1. The number of hydrogen-bond donors (Lipinski definition) is 1. The molecule has 0 spiro atoms. The average Bonchev–Trinajstić information content (AvgIpc) is 2.64. The first-order valence-corrected chi connectivity index (χ1v) is 5.70. The van der Waals surface area contributed by atoms with Gasteiger partial charge in [-0.2, -0.15) is 0 Å². The van der Waals surface area contributed by atoms with Crippen LogP contribution in [0.15, 0.2) is 22.9 Å². The third-order valence-corrected chi connectivity index (χ3v) is 3.05. The molecule has 2 heterocycles. The molecule has 0 aliphatic heterocycles. The maximum Gasteiger partial charge on any atom is 0.297 e. The molecule has 0 saturated heterocycles. The van der Waals surface area contributed by atoms with Gasteiger partial charge in [0.2, 0.25) is 0 Å². The SMILES string of the molecule is Nc1ncc(-c2ncc(Br)cc2[N+](=O)[O-])s1. The van der Waals surface area contributed by atoms with Crippen LogP contribution in [0, 0.1) is 10.1 Å². The number of rotatable bonds is 2. The van der Waals surface area contributed by atoms with Crippen LogP contribution in [0.4, 0.5) is 10.8 Å². The summed E-state index contributed by atoms with van der Waals surface area (Å²) in [4.78, 5) is 18.8. The normalized spacial score (nSPS) is 10.3. The number of anilines is 1. The van der Waals surface area contributed by atoms with Crippen molar-refractivity contribution in [3.05, 3.63) is 33.0 Å². The van der Waals surface area contributed by atoms with Gasteiger partial charge >= 0.3 is 0 Å². The van der Waals surface area contributed by atoms with Crippen LogP contribution in [0.2, 0.25) is 0 Å². The Morgan fingerprint density at radius 3 is 2.75 bits per heavy atom. The number of thiazole rings is 1. The van der Waals surface area contributed by atoms with Crippen LogP contribution in [0.1, 0.15) is 0 Å². The van der Waals surface area contributed by atoms with Crippen LogP contribution in [-0.4, -0.2) is 14.9 Å². The highest BCUT2D eigenvalue weighted by Gasteiger charge is 2.19. The molecule has 0 fully saturated rings. The first-order valence-electron chi connectivity index (χ1n) is 4.09. The topological polar surface area (TPSA) is 94.9 Å². The Morgan fingerprint density at radius 2 is 2.19 bits per heavy atom. The quantitative estimate of drug-likeness (QED) is 0.679. The third kappa shape index (κ3) is 2.02. The van der Waals surface area contributed by atoms with Crippen LogP contribution in [0.25, 0.3) is 10.6 Å². The molecule has 16 heavy (non-hydrogen) atoms. The molecule has 0 aromatic carbocycles. The fourth-order valence-electron chi connectivity index (χ4n) is 1.15. The number of nitrogen functional groups attached to an aromatic ring is 1. The summed E-state index contributed by atoms with van der Waals surface area (Å²) in [6, 6.07) is 1.40. The van der Waals surface area contributed by atoms with Crippen molar-refractivity contribution in [2.75, 3.05) is 5.73 Å². The molecule has 2 N–H and O–H groups in total. The van der Waals surface area contributed by atoms with Gasteiger partial charge in [-0.1, -0.05) is 11.3 Å². The van der Waals surface area contributed by atoms with E-state index in [4.69, 9.17) is 5.73 Å². The van der Waals surface area contributed by atoms with Gasteiger partial charge in [-0.25, -0.2) is 9.97 Å². The molecule has 0 atom stereocenters. The van der Waals surface area contributed by atoms with Gasteiger partial charge in [-0.15, -0.1) is 0 Å². The second-order valence-corrected chi connectivity index (χ2v) is 4.82. The first-order chi connectivity index (χ1) is 7.58. The largest absolute Gasteiger partial charge is 0.375 e. The molecule has 0 saturated carbocycles. The summed E-state index contributed by atoms with van der Waals surface area (Å²) in [5, 5.41) is 11.2. The highest BCUT2D eigenvalue weighted by molar-refractivity contribution is 9.10. The third-order valence-electron chi connectivity index (χ3n) is 1.79. The highest BCUT2D eigenvalue weighted by Crippen LogP contribution is 2.33. The molecule has 0 bridgehead atoms. The van der Waals surface area contributed by atoms with Gasteiger partial charge in [-0.05, 0) is 15.9 Å². The van der Waals surface area contributed by atoms with E-state index in [1.54, 1.807) is 0 Å². The monoisotopic (exact) mass is 300 g/mol. The van der Waals surface area contributed by atoms with Crippen LogP contribution in [-0.2, 0) is 0 Å². The lowest BCUT2D eigenvalue weighted by Crippen LogP contribution is -1.93. The second-order valence-electron chi connectivity index (χ2n) is 2.84. The number of aromatic nitrogens is 2. The van der Waals surface area contributed by atoms with Crippen molar-refractivity contribution < 1.29 is 4.92 Å². The number of hydrogen-bond acceptors (Lipinski definition) is 6. The molecule has 0 aliphatic carbocycles. The second kappa shape index (κ2) is 4.14. The molecule has 8 heteroatoms. The summed E-state index contributed by atoms with van der Waals surface area (Å²) >= 11 is 4.30. The number of nitro groups is 1. The standard InChI is InChI=1S/C8H5BrN4O2S/c9-4-1-5(13(14)15)7(11-2-4)6-3-12-8(10)16-6/h1-3H,(H2,10,12). The summed E-state index contributed by atoms with van der Waals surface area (Å²) < 4.78 is 0.556. The molecule has 2 rings (SSSR count). The van der Waals surface area contributed by atoms with Crippen LogP contribution in [0.5, 0.6) is 0 Å². The van der Waals surface area contributed by atoms with Crippen molar-refractivity contribution in [1.82, 2.24) is 9.97 Å². The van der Waals surface area contributed by atoms with Gasteiger partial charge in [0.1, 0.15) is 0 Å². The number of pyridine rings is 1. The molecule has 2 aromatic rings. The van der Waals surface area contributed by atoms with E-state index >= 15 is 0 Å². The van der Waals surface area contributed by atoms with Gasteiger partial charge in [0.15, 0.2) is 10.8 Å². The first kappa shape index (κ1) is 11.0. The zero-order valence-corrected chi connectivity index (χ0v) is 10.2. The predicted octanol–water partition coefficient (Wildman–Crippen LogP) is 2.46. The van der Waals surface area contributed by atoms with Crippen molar-refractivity contribution in [2.45, 2.75) is 0 Å². The zero-order valence-electron chi connectivity index (χ0n) is 7.75. The van der Waals surface area contributed by atoms with Gasteiger partial charge in [0.25, 0.3) is 5.69 Å². The molecule has 6 nitrogen and oxygen atoms in total. The maximum absolute atomic E-state index is 10.9. The van der Waals surface area contributed by atoms with E-state index in [0.717, 1.165) is 11.3 Å². The Bertz CT molecular complexity index is 557. The Morgan fingerprint density at radius 1 is 1.44 bits per heavy atom. The predicted molar refractivity (Wildman–Crippen MR) is 64.1 cm³/mol. The maximum atomic E-state index is 10.9. The molecule has 0 unspecified atom stereocenters. The van der Waals surface area contributed by atoms with E-state index < -0.39 is 4.92 Å². The van der Waals surface area contributed by atoms with Gasteiger partial charge in [0, 0.05) is 22.9 Å². The summed E-state index contributed by atoms with van der Waals surface area (Å²) in [6.07, 6.45) is 2.97. The lowest BCUT2D eigenvalue weighted by atomic mass is 10.3. The van der Waals surface area contributed by atoms with E-state index in [1.807, 2.05) is 0 Å².